The second-order valence-corrected chi connectivity index (χ2v) is 5.47. The monoisotopic (exact) mass is 356 g/mol. The van der Waals surface area contributed by atoms with Gasteiger partial charge in [0.2, 0.25) is 0 Å². The zero-order chi connectivity index (χ0) is 18.7. The lowest BCUT2D eigenvalue weighted by Gasteiger charge is -2.27. The van der Waals surface area contributed by atoms with E-state index in [0.717, 1.165) is 0 Å². The van der Waals surface area contributed by atoms with E-state index in [9.17, 15) is 9.59 Å². The van der Waals surface area contributed by atoms with Gasteiger partial charge in [-0.3, -0.25) is 0 Å². The number of nitriles is 1. The van der Waals surface area contributed by atoms with Crippen LogP contribution in [0.3, 0.4) is 0 Å². The molecule has 10 heteroatoms. The lowest BCUT2D eigenvalue weighted by atomic mass is 10.00. The number of rotatable bonds is 5. The Morgan fingerprint density at radius 2 is 2.31 bits per heavy atom. The van der Waals surface area contributed by atoms with Crippen molar-refractivity contribution in [2.24, 2.45) is 0 Å². The normalized spacial score (nSPS) is 16.7. The van der Waals surface area contributed by atoms with E-state index in [1.54, 1.807) is 26.0 Å². The van der Waals surface area contributed by atoms with E-state index < -0.39 is 18.0 Å². The Balaban J connectivity index is 2.04. The molecule has 0 aromatic carbocycles. The number of furan rings is 1. The van der Waals surface area contributed by atoms with Gasteiger partial charge in [0.1, 0.15) is 30.0 Å². The lowest BCUT2D eigenvalue weighted by Crippen LogP contribution is -2.46. The summed E-state index contributed by atoms with van der Waals surface area (Å²) in [5, 5.41) is 18.1. The summed E-state index contributed by atoms with van der Waals surface area (Å²) in [6.45, 7) is 3.66. The standard InChI is InChI=1S/C16H16N6O4/c1-3-25-15(23)13-10(7-22-8-18-12(6-17)21-22)19-16(24)20-14(13)11-5-4-9(2)26-11/h4-5,8,14H,3,7H2,1-2H3,(H2,19,20,24)/t14-/m1/s1. The zero-order valence-corrected chi connectivity index (χ0v) is 14.1. The fraction of sp³-hybridized carbons (Fsp3) is 0.312. The summed E-state index contributed by atoms with van der Waals surface area (Å²) >= 11 is 0. The molecule has 0 saturated heterocycles. The van der Waals surface area contributed by atoms with Crippen LogP contribution in [0.15, 0.2) is 34.1 Å². The third kappa shape index (κ3) is 3.41. The molecule has 0 bridgehead atoms. The van der Waals surface area contributed by atoms with Crippen LogP contribution in [0, 0.1) is 18.3 Å². The second-order valence-electron chi connectivity index (χ2n) is 5.47. The maximum atomic E-state index is 12.5. The smallest absolute Gasteiger partial charge is 0.338 e. The Morgan fingerprint density at radius 3 is 2.92 bits per heavy atom. The van der Waals surface area contributed by atoms with Crippen LogP contribution in [0.2, 0.25) is 0 Å². The number of aryl methyl sites for hydroxylation is 1. The van der Waals surface area contributed by atoms with E-state index >= 15 is 0 Å². The molecule has 0 fully saturated rings. The van der Waals surface area contributed by atoms with Crippen LogP contribution in [-0.4, -0.2) is 33.4 Å². The van der Waals surface area contributed by atoms with Crippen molar-refractivity contribution in [1.29, 1.82) is 5.26 Å². The third-order valence-corrected chi connectivity index (χ3v) is 3.65. The van der Waals surface area contributed by atoms with Crippen molar-refractivity contribution in [1.82, 2.24) is 25.4 Å². The average Bonchev–Trinajstić information content (AvgIpc) is 3.23. The van der Waals surface area contributed by atoms with Gasteiger partial charge in [0.15, 0.2) is 0 Å². The van der Waals surface area contributed by atoms with Gasteiger partial charge in [-0.2, -0.15) is 5.26 Å². The van der Waals surface area contributed by atoms with Gasteiger partial charge in [-0.05, 0) is 26.0 Å². The van der Waals surface area contributed by atoms with Gasteiger partial charge in [0.05, 0.1) is 24.4 Å². The Morgan fingerprint density at radius 1 is 1.50 bits per heavy atom. The predicted molar refractivity (Wildman–Crippen MR) is 86.2 cm³/mol. The molecule has 0 unspecified atom stereocenters. The number of hydrogen-bond acceptors (Lipinski definition) is 7. The number of amides is 2. The molecule has 2 N–H and O–H groups in total. The Hall–Kier alpha value is -3.61. The van der Waals surface area contributed by atoms with Crippen molar-refractivity contribution >= 4 is 12.0 Å². The van der Waals surface area contributed by atoms with Crippen molar-refractivity contribution in [2.75, 3.05) is 6.61 Å². The van der Waals surface area contributed by atoms with Crippen molar-refractivity contribution in [2.45, 2.75) is 26.4 Å². The molecule has 2 aromatic rings. The Kier molecular flexibility index (Phi) is 4.70. The minimum atomic E-state index is -0.801. The first-order valence-corrected chi connectivity index (χ1v) is 7.85. The number of hydrogen-bond donors (Lipinski definition) is 2. The molecule has 1 atom stereocenters. The van der Waals surface area contributed by atoms with Crippen molar-refractivity contribution in [3.05, 3.63) is 47.1 Å². The predicted octanol–water partition coefficient (Wildman–Crippen LogP) is 0.923. The summed E-state index contributed by atoms with van der Waals surface area (Å²) < 4.78 is 12.1. The topological polar surface area (TPSA) is 135 Å². The SMILES string of the molecule is CCOC(=O)C1=C(Cn2cnc(C#N)n2)NC(=O)N[C@@H]1c1ccc(C)o1. The zero-order valence-electron chi connectivity index (χ0n) is 14.1. The second kappa shape index (κ2) is 7.10. The summed E-state index contributed by atoms with van der Waals surface area (Å²) in [5.41, 5.74) is 0.496. The number of esters is 1. The van der Waals surface area contributed by atoms with Gasteiger partial charge < -0.3 is 19.8 Å². The number of carbonyl (C=O) groups excluding carboxylic acids is 2. The summed E-state index contributed by atoms with van der Waals surface area (Å²) in [6, 6.07) is 3.95. The minimum absolute atomic E-state index is 0.0123. The van der Waals surface area contributed by atoms with E-state index in [4.69, 9.17) is 14.4 Å². The van der Waals surface area contributed by atoms with Crippen LogP contribution in [0.4, 0.5) is 4.79 Å². The first-order chi connectivity index (χ1) is 12.5. The highest BCUT2D eigenvalue weighted by Gasteiger charge is 2.35. The minimum Gasteiger partial charge on any atom is -0.464 e. The molecule has 134 valence electrons. The van der Waals surface area contributed by atoms with E-state index in [-0.39, 0.29) is 24.5 Å². The van der Waals surface area contributed by atoms with Crippen LogP contribution >= 0.6 is 0 Å². The summed E-state index contributed by atoms with van der Waals surface area (Å²) in [5.74, 6) is 0.457. The van der Waals surface area contributed by atoms with Gasteiger partial charge >= 0.3 is 12.0 Å². The fourth-order valence-corrected chi connectivity index (χ4v) is 2.60. The third-order valence-electron chi connectivity index (χ3n) is 3.65. The van der Waals surface area contributed by atoms with Gasteiger partial charge in [-0.25, -0.2) is 19.3 Å². The maximum Gasteiger partial charge on any atom is 0.338 e. The van der Waals surface area contributed by atoms with Gasteiger partial charge in [-0.1, -0.05) is 0 Å². The molecule has 0 aliphatic carbocycles. The number of nitrogens with one attached hydrogen (secondary N) is 2. The Labute approximate surface area is 148 Å². The first-order valence-electron chi connectivity index (χ1n) is 7.85. The molecule has 0 spiro atoms. The number of allylic oxidation sites excluding steroid dienone is 1. The van der Waals surface area contributed by atoms with E-state index in [1.165, 1.54) is 11.0 Å². The van der Waals surface area contributed by atoms with Crippen molar-refractivity contribution < 1.29 is 18.7 Å². The van der Waals surface area contributed by atoms with Crippen LogP contribution in [-0.2, 0) is 16.1 Å². The number of aromatic nitrogens is 3. The molecule has 3 heterocycles. The van der Waals surface area contributed by atoms with Gasteiger partial charge in [0.25, 0.3) is 5.82 Å². The van der Waals surface area contributed by atoms with Crippen LogP contribution in [0.25, 0.3) is 0 Å². The molecule has 1 aliphatic rings. The summed E-state index contributed by atoms with van der Waals surface area (Å²) in [6.07, 6.45) is 1.34. The number of urea groups is 1. The van der Waals surface area contributed by atoms with Crippen LogP contribution < -0.4 is 10.6 Å². The highest BCUT2D eigenvalue weighted by molar-refractivity contribution is 5.94. The molecule has 3 rings (SSSR count). The fourth-order valence-electron chi connectivity index (χ4n) is 2.60. The van der Waals surface area contributed by atoms with E-state index in [2.05, 4.69) is 20.7 Å². The quantitative estimate of drug-likeness (QED) is 0.760. The van der Waals surface area contributed by atoms with E-state index in [0.29, 0.717) is 17.2 Å². The molecule has 26 heavy (non-hydrogen) atoms. The maximum absolute atomic E-state index is 12.5. The largest absolute Gasteiger partial charge is 0.464 e. The summed E-state index contributed by atoms with van der Waals surface area (Å²) in [4.78, 5) is 28.5. The first kappa shape index (κ1) is 17.2. The highest BCUT2D eigenvalue weighted by Crippen LogP contribution is 2.29. The molecular weight excluding hydrogens is 340 g/mol. The number of carbonyl (C=O) groups is 2. The van der Waals surface area contributed by atoms with Crippen molar-refractivity contribution in [3.63, 3.8) is 0 Å². The van der Waals surface area contributed by atoms with Gasteiger partial charge in [0, 0.05) is 0 Å². The van der Waals surface area contributed by atoms with Gasteiger partial charge in [-0.15, -0.1) is 5.10 Å². The molecule has 2 amide bonds. The molecule has 1 aliphatic heterocycles. The molecule has 2 aromatic heterocycles. The highest BCUT2D eigenvalue weighted by atomic mass is 16.5. The molecule has 10 nitrogen and oxygen atoms in total. The van der Waals surface area contributed by atoms with E-state index in [1.807, 2.05) is 6.07 Å². The Bertz CT molecular complexity index is 919. The number of ether oxygens (including phenoxy) is 1. The molecule has 0 saturated carbocycles. The lowest BCUT2D eigenvalue weighted by molar-refractivity contribution is -0.139. The van der Waals surface area contributed by atoms with Crippen LogP contribution in [0.5, 0.6) is 0 Å². The molecular formula is C16H16N6O4. The average molecular weight is 356 g/mol. The number of nitrogens with zero attached hydrogens (tertiary/aromatic N) is 4. The molecule has 0 radical (unpaired) electrons. The van der Waals surface area contributed by atoms with Crippen LogP contribution in [0.1, 0.15) is 30.3 Å². The van der Waals surface area contributed by atoms with Crippen molar-refractivity contribution in [3.8, 4) is 6.07 Å². The summed E-state index contributed by atoms with van der Waals surface area (Å²) in [7, 11) is 0.